The molecule has 0 aliphatic heterocycles. The minimum Gasteiger partial charge on any atom is -0.462 e. The molecule has 6 atom stereocenters. The highest BCUT2D eigenvalue weighted by molar-refractivity contribution is 5.66. The Kier molecular flexibility index (Phi) is 3.55. The van der Waals surface area contributed by atoms with Crippen molar-refractivity contribution in [3.63, 3.8) is 0 Å². The van der Waals surface area contributed by atoms with Crippen LogP contribution in [0.2, 0.25) is 0 Å². The van der Waals surface area contributed by atoms with Gasteiger partial charge < -0.3 is 4.74 Å². The SMILES string of the molecule is C=C1CC23CCC4C(C)(C)C(OC(C)=O)CCC4(C)C2CCC1C3. The van der Waals surface area contributed by atoms with Gasteiger partial charge in [-0.2, -0.15) is 0 Å². The number of rotatable bonds is 1. The molecule has 4 rings (SSSR count). The summed E-state index contributed by atoms with van der Waals surface area (Å²) in [6.45, 7) is 13.3. The van der Waals surface area contributed by atoms with E-state index in [0.29, 0.717) is 16.7 Å². The van der Waals surface area contributed by atoms with E-state index < -0.39 is 0 Å². The third-order valence-electron chi connectivity index (χ3n) is 8.86. The van der Waals surface area contributed by atoms with Gasteiger partial charge in [0, 0.05) is 12.3 Å². The number of carbonyl (C=O) groups excluding carboxylic acids is 1. The molecule has 0 N–H and O–H groups in total. The van der Waals surface area contributed by atoms with Gasteiger partial charge in [0.25, 0.3) is 0 Å². The fourth-order valence-electron chi connectivity index (χ4n) is 7.97. The quantitative estimate of drug-likeness (QED) is 0.467. The van der Waals surface area contributed by atoms with Gasteiger partial charge in [-0.25, -0.2) is 0 Å². The van der Waals surface area contributed by atoms with Crippen LogP contribution in [0.25, 0.3) is 0 Å². The van der Waals surface area contributed by atoms with E-state index >= 15 is 0 Å². The summed E-state index contributed by atoms with van der Waals surface area (Å²) in [5, 5.41) is 0. The Morgan fingerprint density at radius 2 is 1.83 bits per heavy atom. The molecule has 24 heavy (non-hydrogen) atoms. The average molecular weight is 331 g/mol. The fraction of sp³-hybridized carbons (Fsp3) is 0.864. The summed E-state index contributed by atoms with van der Waals surface area (Å²) in [5.41, 5.74) is 2.60. The summed E-state index contributed by atoms with van der Waals surface area (Å²) in [5.74, 6) is 2.21. The third-order valence-corrected chi connectivity index (χ3v) is 8.86. The standard InChI is InChI=1S/C22H34O2/c1-14-12-22-11-8-17-20(3,4)19(24-15(2)23)9-10-21(17,5)18(22)7-6-16(14)13-22/h16-19H,1,6-13H2,2-5H3. The Morgan fingerprint density at radius 3 is 2.54 bits per heavy atom. The predicted molar refractivity (Wildman–Crippen MR) is 96.4 cm³/mol. The topological polar surface area (TPSA) is 26.3 Å². The fourth-order valence-corrected chi connectivity index (χ4v) is 7.97. The molecule has 0 saturated heterocycles. The Labute approximate surface area is 147 Å². The van der Waals surface area contributed by atoms with Crippen molar-refractivity contribution in [1.82, 2.24) is 0 Å². The zero-order valence-corrected chi connectivity index (χ0v) is 16.0. The maximum atomic E-state index is 11.6. The molecule has 0 amide bonds. The lowest BCUT2D eigenvalue weighted by Gasteiger charge is -2.65. The van der Waals surface area contributed by atoms with Gasteiger partial charge in [0.1, 0.15) is 6.10 Å². The van der Waals surface area contributed by atoms with Crippen LogP contribution in [0.3, 0.4) is 0 Å². The molecular formula is C22H34O2. The van der Waals surface area contributed by atoms with E-state index in [2.05, 4.69) is 27.4 Å². The molecule has 134 valence electrons. The number of carbonyl (C=O) groups is 1. The molecule has 2 bridgehead atoms. The van der Waals surface area contributed by atoms with Crippen LogP contribution in [0.15, 0.2) is 12.2 Å². The zero-order chi connectivity index (χ0) is 17.3. The minimum absolute atomic E-state index is 0.0900. The molecule has 4 aliphatic carbocycles. The highest BCUT2D eigenvalue weighted by Gasteiger charge is 2.64. The van der Waals surface area contributed by atoms with E-state index in [1.165, 1.54) is 44.9 Å². The Morgan fingerprint density at radius 1 is 1.08 bits per heavy atom. The first-order valence-corrected chi connectivity index (χ1v) is 10.0. The Bertz CT molecular complexity index is 577. The number of fused-ring (bicyclic) bond motifs is 3. The van der Waals surface area contributed by atoms with Gasteiger partial charge in [-0.15, -0.1) is 0 Å². The van der Waals surface area contributed by atoms with E-state index in [0.717, 1.165) is 18.3 Å². The van der Waals surface area contributed by atoms with E-state index in [9.17, 15) is 4.79 Å². The van der Waals surface area contributed by atoms with E-state index in [4.69, 9.17) is 4.74 Å². The van der Waals surface area contributed by atoms with Crippen LogP contribution >= 0.6 is 0 Å². The first-order chi connectivity index (χ1) is 11.2. The summed E-state index contributed by atoms with van der Waals surface area (Å²) in [7, 11) is 0. The molecule has 0 radical (unpaired) electrons. The van der Waals surface area contributed by atoms with Crippen molar-refractivity contribution in [2.24, 2.45) is 34.0 Å². The van der Waals surface area contributed by atoms with Crippen LogP contribution in [-0.4, -0.2) is 12.1 Å². The smallest absolute Gasteiger partial charge is 0.302 e. The van der Waals surface area contributed by atoms with Crippen molar-refractivity contribution in [3.8, 4) is 0 Å². The maximum Gasteiger partial charge on any atom is 0.302 e. The second-order valence-electron chi connectivity index (χ2n) is 10.3. The number of allylic oxidation sites excluding steroid dienone is 1. The van der Waals surface area contributed by atoms with Gasteiger partial charge in [-0.05, 0) is 80.0 Å². The molecule has 0 aromatic heterocycles. The number of hydrogen-bond donors (Lipinski definition) is 0. The van der Waals surface area contributed by atoms with Gasteiger partial charge in [-0.1, -0.05) is 32.9 Å². The molecule has 2 nitrogen and oxygen atoms in total. The second kappa shape index (κ2) is 5.11. The normalized spacial score (nSPS) is 49.2. The lowest BCUT2D eigenvalue weighted by Crippen LogP contribution is -2.59. The molecule has 1 spiro atoms. The first kappa shape index (κ1) is 16.7. The first-order valence-electron chi connectivity index (χ1n) is 10.0. The van der Waals surface area contributed by atoms with Crippen LogP contribution in [-0.2, 0) is 9.53 Å². The van der Waals surface area contributed by atoms with Crippen LogP contribution in [0, 0.1) is 34.0 Å². The van der Waals surface area contributed by atoms with Crippen LogP contribution in [0.4, 0.5) is 0 Å². The van der Waals surface area contributed by atoms with Gasteiger partial charge in [0.2, 0.25) is 0 Å². The second-order valence-corrected chi connectivity index (χ2v) is 10.3. The minimum atomic E-state index is -0.114. The van der Waals surface area contributed by atoms with Crippen molar-refractivity contribution in [2.45, 2.75) is 85.2 Å². The molecule has 2 heteroatoms. The molecule has 4 aliphatic rings. The third kappa shape index (κ3) is 2.10. The Hall–Kier alpha value is -0.790. The van der Waals surface area contributed by atoms with Crippen molar-refractivity contribution in [2.75, 3.05) is 0 Å². The number of esters is 1. The highest BCUT2D eigenvalue weighted by Crippen LogP contribution is 2.72. The zero-order valence-electron chi connectivity index (χ0n) is 16.0. The van der Waals surface area contributed by atoms with Crippen molar-refractivity contribution < 1.29 is 9.53 Å². The molecule has 6 unspecified atom stereocenters. The van der Waals surface area contributed by atoms with E-state index in [-0.39, 0.29) is 17.5 Å². The summed E-state index contributed by atoms with van der Waals surface area (Å²) < 4.78 is 5.76. The Balaban J connectivity index is 1.67. The molecule has 0 aromatic rings. The summed E-state index contributed by atoms with van der Waals surface area (Å²) in [6, 6.07) is 0. The van der Waals surface area contributed by atoms with Crippen molar-refractivity contribution in [3.05, 3.63) is 12.2 Å². The van der Waals surface area contributed by atoms with Gasteiger partial charge >= 0.3 is 5.97 Å². The molecule has 4 fully saturated rings. The van der Waals surface area contributed by atoms with Gasteiger partial charge in [0.15, 0.2) is 0 Å². The number of ether oxygens (including phenoxy) is 1. The van der Waals surface area contributed by atoms with E-state index in [1.54, 1.807) is 12.5 Å². The van der Waals surface area contributed by atoms with Crippen molar-refractivity contribution in [1.29, 1.82) is 0 Å². The van der Waals surface area contributed by atoms with Crippen LogP contribution in [0.1, 0.15) is 79.1 Å². The molecule has 0 aromatic carbocycles. The van der Waals surface area contributed by atoms with Crippen LogP contribution < -0.4 is 0 Å². The maximum absolute atomic E-state index is 11.6. The molecule has 4 saturated carbocycles. The molecular weight excluding hydrogens is 296 g/mol. The lowest BCUT2D eigenvalue weighted by atomic mass is 9.41. The van der Waals surface area contributed by atoms with E-state index in [1.807, 2.05) is 0 Å². The average Bonchev–Trinajstić information content (AvgIpc) is 2.71. The summed E-state index contributed by atoms with van der Waals surface area (Å²) in [4.78, 5) is 11.6. The van der Waals surface area contributed by atoms with Crippen LogP contribution in [0.5, 0.6) is 0 Å². The predicted octanol–water partition coefficient (Wildman–Crippen LogP) is 5.52. The lowest BCUT2D eigenvalue weighted by molar-refractivity contribution is -0.197. The highest BCUT2D eigenvalue weighted by atomic mass is 16.5. The number of hydrogen-bond acceptors (Lipinski definition) is 2. The molecule has 0 heterocycles. The largest absolute Gasteiger partial charge is 0.462 e. The van der Waals surface area contributed by atoms with Gasteiger partial charge in [-0.3, -0.25) is 4.79 Å². The van der Waals surface area contributed by atoms with Gasteiger partial charge in [0.05, 0.1) is 0 Å². The summed E-state index contributed by atoms with van der Waals surface area (Å²) >= 11 is 0. The monoisotopic (exact) mass is 330 g/mol. The van der Waals surface area contributed by atoms with Crippen molar-refractivity contribution >= 4 is 5.97 Å². The summed E-state index contributed by atoms with van der Waals surface area (Å²) in [6.07, 6.45) is 10.5.